The third-order valence-electron chi connectivity index (χ3n) is 4.75. The van der Waals surface area contributed by atoms with E-state index in [-0.39, 0.29) is 0 Å². The third kappa shape index (κ3) is 0.734. The van der Waals surface area contributed by atoms with Gasteiger partial charge in [-0.15, -0.1) is 0 Å². The Bertz CT molecular complexity index is 185. The first-order valence-electron chi connectivity index (χ1n) is 4.66. The number of rotatable bonds is 0. The third-order valence-corrected chi connectivity index (χ3v) is 5.53. The van der Waals surface area contributed by atoms with E-state index < -0.39 is 0 Å². The van der Waals surface area contributed by atoms with Crippen LogP contribution in [0.5, 0.6) is 0 Å². The highest BCUT2D eigenvalue weighted by atomic mass is 32.1. The normalized spacial score (nSPS) is 53.5. The van der Waals surface area contributed by atoms with E-state index >= 15 is 0 Å². The van der Waals surface area contributed by atoms with Crippen molar-refractivity contribution in [3.05, 3.63) is 0 Å². The smallest absolute Gasteiger partial charge is 0.00786 e. The van der Waals surface area contributed by atoms with Gasteiger partial charge in [0, 0.05) is 5.25 Å². The number of fused-ring (bicyclic) bond motifs is 2. The topological polar surface area (TPSA) is 0 Å². The first kappa shape index (κ1) is 7.97. The highest BCUT2D eigenvalue weighted by Crippen LogP contribution is 2.66. The van der Waals surface area contributed by atoms with Crippen molar-refractivity contribution in [2.75, 3.05) is 0 Å². The Morgan fingerprint density at radius 2 is 1.91 bits per heavy atom. The van der Waals surface area contributed by atoms with Crippen LogP contribution in [0.3, 0.4) is 0 Å². The van der Waals surface area contributed by atoms with Crippen molar-refractivity contribution in [1.82, 2.24) is 0 Å². The molecule has 0 aromatic rings. The van der Waals surface area contributed by atoms with Gasteiger partial charge in [-0.25, -0.2) is 0 Å². The van der Waals surface area contributed by atoms with Crippen molar-refractivity contribution < 1.29 is 0 Å². The summed E-state index contributed by atoms with van der Waals surface area (Å²) in [6, 6.07) is 0. The van der Waals surface area contributed by atoms with Crippen LogP contribution in [-0.2, 0) is 0 Å². The summed E-state index contributed by atoms with van der Waals surface area (Å²) in [6.07, 6.45) is 4.20. The van der Waals surface area contributed by atoms with Crippen molar-refractivity contribution >= 4 is 12.6 Å². The van der Waals surface area contributed by atoms with Crippen LogP contribution >= 0.6 is 12.6 Å². The van der Waals surface area contributed by atoms with Crippen LogP contribution in [0.25, 0.3) is 0 Å². The molecule has 0 saturated heterocycles. The summed E-state index contributed by atoms with van der Waals surface area (Å²) in [4.78, 5) is 0. The Labute approximate surface area is 75.2 Å². The molecule has 64 valence electrons. The number of hydrogen-bond donors (Lipinski definition) is 1. The summed E-state index contributed by atoms with van der Waals surface area (Å²) < 4.78 is 0. The molecule has 0 radical (unpaired) electrons. The SMILES string of the molecule is CC1(C)[C@H]2CC[C@]1(C)[C@H](S)C2. The molecule has 2 rings (SSSR count). The van der Waals surface area contributed by atoms with Gasteiger partial charge < -0.3 is 0 Å². The second-order valence-corrected chi connectivity index (χ2v) is 5.75. The summed E-state index contributed by atoms with van der Waals surface area (Å²) in [5.41, 5.74) is 1.08. The molecule has 0 heterocycles. The van der Waals surface area contributed by atoms with Gasteiger partial charge >= 0.3 is 0 Å². The van der Waals surface area contributed by atoms with Gasteiger partial charge in [0.1, 0.15) is 0 Å². The first-order chi connectivity index (χ1) is 4.98. The van der Waals surface area contributed by atoms with Gasteiger partial charge in [0.15, 0.2) is 0 Å². The minimum absolute atomic E-state index is 0.529. The van der Waals surface area contributed by atoms with E-state index in [1.54, 1.807) is 0 Å². The summed E-state index contributed by atoms with van der Waals surface area (Å²) in [5.74, 6) is 0.954. The number of thiol groups is 1. The maximum Gasteiger partial charge on any atom is 0.00786 e. The average Bonchev–Trinajstić information content (AvgIpc) is 2.20. The monoisotopic (exact) mass is 170 g/mol. The largest absolute Gasteiger partial charge is 0.175 e. The quantitative estimate of drug-likeness (QED) is 0.531. The molecule has 0 aliphatic heterocycles. The molecule has 1 heteroatoms. The van der Waals surface area contributed by atoms with E-state index in [0.717, 1.165) is 5.92 Å². The fourth-order valence-corrected chi connectivity index (χ4v) is 3.88. The highest BCUT2D eigenvalue weighted by molar-refractivity contribution is 7.81. The van der Waals surface area contributed by atoms with Gasteiger partial charge in [-0.1, -0.05) is 20.8 Å². The standard InChI is InChI=1S/C10H18S/c1-9(2)7-4-5-10(9,3)8(11)6-7/h7-8,11H,4-6H2,1-3H3/t7-,8+,10+/m0/s1. The van der Waals surface area contributed by atoms with Crippen molar-refractivity contribution in [3.63, 3.8) is 0 Å². The number of hydrogen-bond acceptors (Lipinski definition) is 1. The molecule has 2 aliphatic carbocycles. The molecule has 0 N–H and O–H groups in total. The second-order valence-electron chi connectivity index (χ2n) is 5.13. The van der Waals surface area contributed by atoms with Crippen LogP contribution in [-0.4, -0.2) is 5.25 Å². The zero-order valence-electron chi connectivity index (χ0n) is 7.72. The summed E-state index contributed by atoms with van der Waals surface area (Å²) in [7, 11) is 0. The van der Waals surface area contributed by atoms with E-state index in [2.05, 4.69) is 20.8 Å². The van der Waals surface area contributed by atoms with E-state index in [1.807, 2.05) is 0 Å². The zero-order chi connectivity index (χ0) is 8.28. The van der Waals surface area contributed by atoms with Crippen molar-refractivity contribution in [2.45, 2.75) is 45.3 Å². The molecule has 0 aromatic heterocycles. The van der Waals surface area contributed by atoms with Crippen molar-refractivity contribution in [1.29, 1.82) is 0 Å². The van der Waals surface area contributed by atoms with Gasteiger partial charge in [-0.05, 0) is 36.0 Å². The van der Waals surface area contributed by atoms with Gasteiger partial charge in [0.05, 0.1) is 0 Å². The Kier molecular flexibility index (Phi) is 1.44. The lowest BCUT2D eigenvalue weighted by atomic mass is 9.71. The minimum Gasteiger partial charge on any atom is -0.175 e. The van der Waals surface area contributed by atoms with E-state index in [0.29, 0.717) is 16.1 Å². The average molecular weight is 170 g/mol. The molecule has 2 saturated carbocycles. The molecule has 11 heavy (non-hydrogen) atoms. The molecule has 0 amide bonds. The molecule has 0 aromatic carbocycles. The predicted octanol–water partition coefficient (Wildman–Crippen LogP) is 3.13. The highest BCUT2D eigenvalue weighted by Gasteiger charge is 2.60. The molecule has 2 fully saturated rings. The molecule has 2 aliphatic rings. The van der Waals surface area contributed by atoms with Crippen LogP contribution in [0.4, 0.5) is 0 Å². The predicted molar refractivity (Wildman–Crippen MR) is 52.0 cm³/mol. The first-order valence-corrected chi connectivity index (χ1v) is 5.18. The van der Waals surface area contributed by atoms with Crippen LogP contribution < -0.4 is 0 Å². The van der Waals surface area contributed by atoms with Crippen LogP contribution in [0.15, 0.2) is 0 Å². The summed E-state index contributed by atoms with van der Waals surface area (Å²) in [5, 5.41) is 0.663. The van der Waals surface area contributed by atoms with Crippen LogP contribution in [0.1, 0.15) is 40.0 Å². The summed E-state index contributed by atoms with van der Waals surface area (Å²) >= 11 is 4.70. The molecule has 0 unspecified atom stereocenters. The zero-order valence-corrected chi connectivity index (χ0v) is 8.62. The Hall–Kier alpha value is 0.350. The van der Waals surface area contributed by atoms with Crippen molar-refractivity contribution in [2.24, 2.45) is 16.7 Å². The summed E-state index contributed by atoms with van der Waals surface area (Å²) in [6.45, 7) is 7.29. The molecule has 3 atom stereocenters. The fourth-order valence-electron chi connectivity index (χ4n) is 3.16. The van der Waals surface area contributed by atoms with Gasteiger partial charge in [0.2, 0.25) is 0 Å². The maximum absolute atomic E-state index is 4.70. The molecular weight excluding hydrogens is 152 g/mol. The Morgan fingerprint density at radius 3 is 2.09 bits per heavy atom. The lowest BCUT2D eigenvalue weighted by Gasteiger charge is -2.37. The van der Waals surface area contributed by atoms with Gasteiger partial charge in [-0.2, -0.15) is 12.6 Å². The van der Waals surface area contributed by atoms with Crippen molar-refractivity contribution in [3.8, 4) is 0 Å². The fraction of sp³-hybridized carbons (Fsp3) is 1.00. The molecule has 2 bridgehead atoms. The lowest BCUT2D eigenvalue weighted by molar-refractivity contribution is 0.157. The second kappa shape index (κ2) is 1.99. The van der Waals surface area contributed by atoms with Gasteiger partial charge in [-0.3, -0.25) is 0 Å². The minimum atomic E-state index is 0.529. The van der Waals surface area contributed by atoms with E-state index in [1.165, 1.54) is 19.3 Å². The van der Waals surface area contributed by atoms with E-state index in [4.69, 9.17) is 12.6 Å². The maximum atomic E-state index is 4.70. The van der Waals surface area contributed by atoms with Crippen LogP contribution in [0.2, 0.25) is 0 Å². The lowest BCUT2D eigenvalue weighted by Crippen LogP contribution is -2.32. The van der Waals surface area contributed by atoms with Gasteiger partial charge in [0.25, 0.3) is 0 Å². The van der Waals surface area contributed by atoms with E-state index in [9.17, 15) is 0 Å². The Morgan fingerprint density at radius 1 is 1.27 bits per heavy atom. The molecular formula is C10H18S. The van der Waals surface area contributed by atoms with Crippen LogP contribution in [0, 0.1) is 16.7 Å². The molecule has 0 spiro atoms. The molecule has 0 nitrogen and oxygen atoms in total. The Balaban J connectivity index is 2.40.